The second kappa shape index (κ2) is 16.3. The molecular weight excluding hydrogens is 797 g/mol. The molecule has 2 amide bonds. The number of hydrogen-bond donors (Lipinski definition) is 4. The molecule has 0 fully saturated rings. The number of fused-ring (bicyclic) bond motifs is 2. The highest BCUT2D eigenvalue weighted by atomic mass is 35.5. The Kier molecular flexibility index (Phi) is 12.1. The predicted octanol–water partition coefficient (Wildman–Crippen LogP) is 6.89. The number of amides is 2. The number of halogens is 2. The summed E-state index contributed by atoms with van der Waals surface area (Å²) in [5.41, 5.74) is 14.6. The molecule has 14 nitrogen and oxygen atoms in total. The molecular formula is C39H39ClFN7O7S2. The first-order valence-corrected chi connectivity index (χ1v) is 20.8. The minimum atomic E-state index is -3.60. The van der Waals surface area contributed by atoms with Gasteiger partial charge in [0.1, 0.15) is 0 Å². The van der Waals surface area contributed by atoms with E-state index in [1.165, 1.54) is 68.3 Å². The van der Waals surface area contributed by atoms with Crippen LogP contribution in [0.4, 0.5) is 27.1 Å². The number of ether oxygens (including phenoxy) is 1. The van der Waals surface area contributed by atoms with Crippen LogP contribution in [-0.4, -0.2) is 61.7 Å². The van der Waals surface area contributed by atoms with Crippen molar-refractivity contribution in [2.24, 2.45) is 11.5 Å². The van der Waals surface area contributed by atoms with Gasteiger partial charge in [-0.2, -0.15) is 0 Å². The van der Waals surface area contributed by atoms with Crippen molar-refractivity contribution in [3.05, 3.63) is 107 Å². The van der Waals surface area contributed by atoms with Gasteiger partial charge in [0.15, 0.2) is 31.2 Å². The van der Waals surface area contributed by atoms with E-state index in [2.05, 4.69) is 25.6 Å². The molecule has 298 valence electrons. The molecule has 57 heavy (non-hydrogen) atoms. The topological polar surface area (TPSA) is 226 Å². The molecule has 0 spiro atoms. The van der Waals surface area contributed by atoms with Gasteiger partial charge in [0.2, 0.25) is 0 Å². The van der Waals surface area contributed by atoms with E-state index in [-0.39, 0.29) is 32.4 Å². The van der Waals surface area contributed by atoms with Gasteiger partial charge in [0, 0.05) is 47.4 Å². The summed E-state index contributed by atoms with van der Waals surface area (Å²) in [5, 5.41) is 7.39. The largest absolute Gasteiger partial charge is 0.494 e. The van der Waals surface area contributed by atoms with Crippen molar-refractivity contribution in [2.75, 3.05) is 24.0 Å². The van der Waals surface area contributed by atoms with Crippen molar-refractivity contribution < 1.29 is 35.6 Å². The number of carbonyl (C=O) groups excluding carboxylic acids is 2. The molecule has 6 N–H and O–H groups in total. The summed E-state index contributed by atoms with van der Waals surface area (Å²) in [6, 6.07) is 13.4. The summed E-state index contributed by atoms with van der Waals surface area (Å²) in [4.78, 5) is 36.7. The first-order chi connectivity index (χ1) is 26.7. The number of anilines is 4. The lowest BCUT2D eigenvalue weighted by atomic mass is 10.0. The minimum Gasteiger partial charge on any atom is -0.494 e. The molecule has 3 aromatic carbocycles. The van der Waals surface area contributed by atoms with Crippen molar-refractivity contribution in [1.29, 1.82) is 0 Å². The number of aryl methyl sites for hydroxylation is 1. The van der Waals surface area contributed by atoms with Crippen LogP contribution in [-0.2, 0) is 26.1 Å². The Hall–Kier alpha value is -5.91. The summed E-state index contributed by atoms with van der Waals surface area (Å²) < 4.78 is 67.8. The fraction of sp³-hybridized carbons (Fsp3) is 0.205. The third-order valence-corrected chi connectivity index (χ3v) is 12.5. The maximum atomic E-state index is 13.7. The van der Waals surface area contributed by atoms with Gasteiger partial charge in [0.05, 0.1) is 72.1 Å². The first kappa shape index (κ1) is 42.2. The highest BCUT2D eigenvalue weighted by molar-refractivity contribution is 7.92. The van der Waals surface area contributed by atoms with Gasteiger partial charge < -0.3 is 26.8 Å². The van der Waals surface area contributed by atoms with E-state index in [0.29, 0.717) is 55.9 Å². The zero-order valence-electron chi connectivity index (χ0n) is 31.6. The highest BCUT2D eigenvalue weighted by Crippen LogP contribution is 2.36. The van der Waals surface area contributed by atoms with E-state index in [1.807, 2.05) is 6.92 Å². The minimum absolute atomic E-state index is 0.0139. The summed E-state index contributed by atoms with van der Waals surface area (Å²) in [7, 11) is -5.77. The molecule has 6 aromatic rings. The van der Waals surface area contributed by atoms with Crippen molar-refractivity contribution in [1.82, 2.24) is 15.0 Å². The molecule has 3 aromatic heterocycles. The molecule has 18 heteroatoms. The number of rotatable bonds is 10. The molecule has 0 aliphatic carbocycles. The number of methoxy groups -OCH3 is 1. The molecule has 0 bridgehead atoms. The van der Waals surface area contributed by atoms with E-state index in [9.17, 15) is 30.8 Å². The lowest BCUT2D eigenvalue weighted by Gasteiger charge is -2.20. The number of pyridine rings is 3. The van der Waals surface area contributed by atoms with Crippen molar-refractivity contribution in [3.8, 4) is 5.75 Å². The molecule has 0 unspecified atom stereocenters. The van der Waals surface area contributed by atoms with Gasteiger partial charge in [-0.25, -0.2) is 21.2 Å². The van der Waals surface area contributed by atoms with Gasteiger partial charge in [-0.1, -0.05) is 18.5 Å². The molecule has 6 rings (SSSR count). The molecule has 0 atom stereocenters. The predicted molar refractivity (Wildman–Crippen MR) is 219 cm³/mol. The SMILES string of the molecule is CC(C)(C)S(=O)(=O)c1ccc2ncc(C(N)=O)c(Nc3cncc(Cl)c3)c2c1.CCc1cc(S(C)(=O)=O)cc2c(Nc3ccc(F)c(OC)c3)c(C(N)=O)cnc12. The van der Waals surface area contributed by atoms with Crippen LogP contribution in [0.5, 0.6) is 5.75 Å². The molecule has 0 radical (unpaired) electrons. The number of nitrogens with one attached hydrogen (secondary N) is 2. The van der Waals surface area contributed by atoms with Gasteiger partial charge >= 0.3 is 0 Å². The van der Waals surface area contributed by atoms with E-state index in [0.717, 1.165) is 6.26 Å². The number of aromatic nitrogens is 3. The number of nitrogens with zero attached hydrogens (tertiary/aromatic N) is 3. The fourth-order valence-electron chi connectivity index (χ4n) is 5.67. The standard InChI is InChI=1S/C20H20FN3O4S.C19H19ClN4O3S/c1-4-11-7-13(29(3,26)27)9-14-18(11)23-10-15(20(22)25)19(14)24-12-5-6-16(21)17(8-12)28-2;1-19(2,3)28(26,27)13-4-5-16-14(7-13)17(15(10-23-16)18(21)25)24-12-6-11(20)8-22-9-12/h5-10H,4H2,1-3H3,(H2,22,25)(H,23,24);4-10H,1-3H3,(H2,21,25)(H,23,24). The zero-order chi connectivity index (χ0) is 42.0. The lowest BCUT2D eigenvalue weighted by Crippen LogP contribution is -2.27. The molecule has 0 saturated heterocycles. The first-order valence-electron chi connectivity index (χ1n) is 17.1. The van der Waals surface area contributed by atoms with Crippen LogP contribution >= 0.6 is 11.6 Å². The Morgan fingerprint density at radius 1 is 0.807 bits per heavy atom. The number of sulfone groups is 2. The number of hydrogen-bond acceptors (Lipinski definition) is 12. The van der Waals surface area contributed by atoms with E-state index >= 15 is 0 Å². The van der Waals surface area contributed by atoms with Crippen LogP contribution in [0.1, 0.15) is 54.0 Å². The molecule has 0 aliphatic heterocycles. The van der Waals surface area contributed by atoms with Gasteiger partial charge in [-0.05, 0) is 81.3 Å². The Bertz CT molecular complexity index is 2800. The van der Waals surface area contributed by atoms with Crippen LogP contribution in [0.25, 0.3) is 21.8 Å². The van der Waals surface area contributed by atoms with Crippen molar-refractivity contribution in [3.63, 3.8) is 0 Å². The second-order valence-electron chi connectivity index (χ2n) is 13.7. The monoisotopic (exact) mass is 835 g/mol. The molecule has 0 saturated carbocycles. The van der Waals surface area contributed by atoms with E-state index < -0.39 is 42.1 Å². The maximum absolute atomic E-state index is 13.7. The summed E-state index contributed by atoms with van der Waals surface area (Å²) >= 11 is 5.98. The van der Waals surface area contributed by atoms with E-state index in [4.69, 9.17) is 27.8 Å². The van der Waals surface area contributed by atoms with Gasteiger partial charge in [0.25, 0.3) is 11.8 Å². The number of benzene rings is 3. The van der Waals surface area contributed by atoms with Crippen LogP contribution < -0.4 is 26.8 Å². The lowest BCUT2D eigenvalue weighted by molar-refractivity contribution is 0.0992. The third-order valence-electron chi connectivity index (χ3n) is 8.71. The molecule has 3 heterocycles. The number of nitrogens with two attached hydrogens (primary N) is 2. The summed E-state index contributed by atoms with van der Waals surface area (Å²) in [6.07, 6.45) is 7.33. The van der Waals surface area contributed by atoms with Crippen LogP contribution in [0.2, 0.25) is 5.02 Å². The Balaban J connectivity index is 0.000000218. The summed E-state index contributed by atoms with van der Waals surface area (Å²) in [5.74, 6) is -1.96. The Labute approximate surface area is 333 Å². The van der Waals surface area contributed by atoms with Gasteiger partial charge in [-0.3, -0.25) is 24.5 Å². The third kappa shape index (κ3) is 9.06. The van der Waals surface area contributed by atoms with Crippen molar-refractivity contribution >= 4 is 87.6 Å². The normalized spacial score (nSPS) is 11.8. The van der Waals surface area contributed by atoms with Crippen LogP contribution in [0, 0.1) is 5.82 Å². The zero-order valence-corrected chi connectivity index (χ0v) is 34.0. The van der Waals surface area contributed by atoms with Crippen molar-refractivity contribution in [2.45, 2.75) is 48.7 Å². The number of carbonyl (C=O) groups is 2. The average Bonchev–Trinajstić information content (AvgIpc) is 3.14. The quantitative estimate of drug-likeness (QED) is 0.111. The second-order valence-corrected chi connectivity index (χ2v) is 18.9. The Morgan fingerprint density at radius 2 is 1.42 bits per heavy atom. The average molecular weight is 836 g/mol. The summed E-state index contributed by atoms with van der Waals surface area (Å²) in [6.45, 7) is 6.76. The Morgan fingerprint density at radius 3 is 2.00 bits per heavy atom. The van der Waals surface area contributed by atoms with Crippen LogP contribution in [0.15, 0.2) is 89.2 Å². The highest BCUT2D eigenvalue weighted by Gasteiger charge is 2.31. The maximum Gasteiger partial charge on any atom is 0.252 e. The smallest absolute Gasteiger partial charge is 0.252 e. The van der Waals surface area contributed by atoms with E-state index in [1.54, 1.807) is 39.0 Å². The fourth-order valence-corrected chi connectivity index (χ4v) is 7.76. The van der Waals surface area contributed by atoms with Crippen LogP contribution in [0.3, 0.4) is 0 Å². The molecule has 0 aliphatic rings. The number of primary amides is 2. The van der Waals surface area contributed by atoms with Gasteiger partial charge in [-0.15, -0.1) is 0 Å².